The molecule has 0 unspecified atom stereocenters. The van der Waals surface area contributed by atoms with E-state index < -0.39 is 32.5 Å². The van der Waals surface area contributed by atoms with Gasteiger partial charge in [-0.3, -0.25) is 9.10 Å². The van der Waals surface area contributed by atoms with Crippen LogP contribution in [0, 0.1) is 6.92 Å². The van der Waals surface area contributed by atoms with Crippen LogP contribution < -0.4 is 19.1 Å². The third-order valence-corrected chi connectivity index (χ3v) is 10.8. The summed E-state index contributed by atoms with van der Waals surface area (Å²) in [5, 5.41) is 2.65. The number of benzene rings is 3. The van der Waals surface area contributed by atoms with Gasteiger partial charge in [-0.1, -0.05) is 17.7 Å². The zero-order chi connectivity index (χ0) is 29.1. The first-order valence-electron chi connectivity index (χ1n) is 12.4. The maximum Gasteiger partial charge on any atom is 0.264 e. The van der Waals surface area contributed by atoms with E-state index in [2.05, 4.69) is 21.2 Å². The number of nitrogens with one attached hydrogen (secondary N) is 1. The van der Waals surface area contributed by atoms with Gasteiger partial charge in [0.25, 0.3) is 10.0 Å². The molecule has 0 aromatic heterocycles. The average molecular weight is 653 g/mol. The molecule has 1 aliphatic rings. The van der Waals surface area contributed by atoms with Crippen molar-refractivity contribution in [1.82, 2.24) is 4.31 Å². The molecule has 3 aromatic carbocycles. The SMILES string of the molecule is COc1ccc(S(=O)(=O)N(CC(=O)Nc2cc(S(=O)(=O)N3CCCC3)ccc2OC)c2ccc(C)cc2)cc1Br. The van der Waals surface area contributed by atoms with Crippen LogP contribution in [-0.4, -0.2) is 60.9 Å². The number of amides is 1. The molecule has 0 atom stereocenters. The van der Waals surface area contributed by atoms with Gasteiger partial charge in [-0.15, -0.1) is 0 Å². The predicted octanol–water partition coefficient (Wildman–Crippen LogP) is 4.39. The lowest BCUT2D eigenvalue weighted by atomic mass is 10.2. The summed E-state index contributed by atoms with van der Waals surface area (Å²) >= 11 is 3.32. The first-order valence-corrected chi connectivity index (χ1v) is 16.1. The maximum absolute atomic E-state index is 13.8. The zero-order valence-corrected chi connectivity index (χ0v) is 25.5. The van der Waals surface area contributed by atoms with Gasteiger partial charge in [-0.2, -0.15) is 4.31 Å². The Morgan fingerprint density at radius 2 is 1.50 bits per heavy atom. The normalized spacial score (nSPS) is 14.1. The fourth-order valence-electron chi connectivity index (χ4n) is 4.30. The minimum Gasteiger partial charge on any atom is -0.496 e. The second-order valence-corrected chi connectivity index (χ2v) is 13.8. The number of anilines is 2. The number of nitrogens with zero attached hydrogens (tertiary/aromatic N) is 2. The maximum atomic E-state index is 13.8. The van der Waals surface area contributed by atoms with Gasteiger partial charge in [0.2, 0.25) is 15.9 Å². The Kier molecular flexibility index (Phi) is 9.08. The highest BCUT2D eigenvalue weighted by atomic mass is 79.9. The van der Waals surface area contributed by atoms with Crippen molar-refractivity contribution < 1.29 is 31.1 Å². The summed E-state index contributed by atoms with van der Waals surface area (Å²) in [6.45, 7) is 2.15. The largest absolute Gasteiger partial charge is 0.496 e. The van der Waals surface area contributed by atoms with Gasteiger partial charge >= 0.3 is 0 Å². The van der Waals surface area contributed by atoms with Crippen LogP contribution in [0.3, 0.4) is 0 Å². The Balaban J connectivity index is 1.67. The van der Waals surface area contributed by atoms with Crippen LogP contribution in [0.2, 0.25) is 0 Å². The minimum absolute atomic E-state index is 0.0107. The number of methoxy groups -OCH3 is 2. The third-order valence-electron chi connectivity index (χ3n) is 6.47. The molecule has 1 aliphatic heterocycles. The van der Waals surface area contributed by atoms with E-state index in [9.17, 15) is 21.6 Å². The number of carbonyl (C=O) groups is 1. The molecule has 1 N–H and O–H groups in total. The molecular formula is C27H30BrN3O7S2. The number of carbonyl (C=O) groups excluding carboxylic acids is 1. The number of rotatable bonds is 10. The number of halogens is 1. The van der Waals surface area contributed by atoms with E-state index in [1.165, 1.54) is 54.9 Å². The molecule has 0 radical (unpaired) electrons. The van der Waals surface area contributed by atoms with Gasteiger partial charge in [0.15, 0.2) is 0 Å². The van der Waals surface area contributed by atoms with Crippen molar-refractivity contribution in [2.45, 2.75) is 29.6 Å². The molecule has 1 heterocycles. The van der Waals surface area contributed by atoms with Crippen LogP contribution in [-0.2, 0) is 24.8 Å². The minimum atomic E-state index is -4.21. The lowest BCUT2D eigenvalue weighted by molar-refractivity contribution is -0.114. The van der Waals surface area contributed by atoms with Gasteiger partial charge in [0.1, 0.15) is 18.0 Å². The molecule has 214 valence electrons. The molecule has 10 nitrogen and oxygen atoms in total. The fraction of sp³-hybridized carbons (Fsp3) is 0.296. The van der Waals surface area contributed by atoms with Crippen molar-refractivity contribution in [2.24, 2.45) is 0 Å². The number of sulfonamides is 2. The molecule has 3 aromatic rings. The number of ether oxygens (including phenoxy) is 2. The predicted molar refractivity (Wildman–Crippen MR) is 156 cm³/mol. The summed E-state index contributed by atoms with van der Waals surface area (Å²) in [5.74, 6) is -0.00210. The van der Waals surface area contributed by atoms with Crippen molar-refractivity contribution in [1.29, 1.82) is 0 Å². The first kappa shape index (κ1) is 29.8. The number of hydrogen-bond donors (Lipinski definition) is 1. The van der Waals surface area contributed by atoms with E-state index in [1.807, 2.05) is 6.92 Å². The summed E-state index contributed by atoms with van der Waals surface area (Å²) < 4.78 is 67.2. The van der Waals surface area contributed by atoms with Crippen LogP contribution in [0.1, 0.15) is 18.4 Å². The topological polar surface area (TPSA) is 122 Å². The quantitative estimate of drug-likeness (QED) is 0.345. The highest BCUT2D eigenvalue weighted by Crippen LogP contribution is 2.32. The Morgan fingerprint density at radius 3 is 2.10 bits per heavy atom. The standard InChI is InChI=1S/C27H30BrN3O7S2/c1-19-6-8-20(9-7-19)31(40(35,36)21-10-12-25(37-2)23(28)16-21)18-27(32)29-24-17-22(11-13-26(24)38-3)39(33,34)30-14-4-5-15-30/h6-13,16-17H,4-5,14-15,18H2,1-3H3,(H,29,32). The smallest absolute Gasteiger partial charge is 0.264 e. The number of aryl methyl sites for hydroxylation is 1. The molecule has 13 heteroatoms. The lowest BCUT2D eigenvalue weighted by Crippen LogP contribution is -2.38. The van der Waals surface area contributed by atoms with Gasteiger partial charge in [0.05, 0.1) is 39.9 Å². The van der Waals surface area contributed by atoms with Crippen molar-refractivity contribution in [3.8, 4) is 11.5 Å². The van der Waals surface area contributed by atoms with E-state index in [0.717, 1.165) is 22.7 Å². The molecule has 1 saturated heterocycles. The zero-order valence-electron chi connectivity index (χ0n) is 22.3. The summed E-state index contributed by atoms with van der Waals surface area (Å²) in [4.78, 5) is 13.3. The van der Waals surface area contributed by atoms with Crippen LogP contribution in [0.15, 0.2) is 74.9 Å². The highest BCUT2D eigenvalue weighted by molar-refractivity contribution is 9.10. The van der Waals surface area contributed by atoms with E-state index in [-0.39, 0.29) is 26.9 Å². The van der Waals surface area contributed by atoms with Crippen molar-refractivity contribution in [3.05, 3.63) is 70.7 Å². The monoisotopic (exact) mass is 651 g/mol. The Hall–Kier alpha value is -3.13. The average Bonchev–Trinajstić information content (AvgIpc) is 3.48. The molecule has 1 amide bonds. The van der Waals surface area contributed by atoms with Crippen molar-refractivity contribution in [2.75, 3.05) is 43.5 Å². The third kappa shape index (κ3) is 6.27. The molecule has 4 rings (SSSR count). The van der Waals surface area contributed by atoms with Gasteiger partial charge in [-0.05, 0) is 84.2 Å². The number of hydrogen-bond acceptors (Lipinski definition) is 7. The summed E-state index contributed by atoms with van der Waals surface area (Å²) in [6, 6.07) is 15.2. The van der Waals surface area contributed by atoms with Gasteiger partial charge < -0.3 is 14.8 Å². The van der Waals surface area contributed by atoms with E-state index >= 15 is 0 Å². The van der Waals surface area contributed by atoms with Crippen molar-refractivity contribution in [3.63, 3.8) is 0 Å². The van der Waals surface area contributed by atoms with Crippen LogP contribution in [0.5, 0.6) is 11.5 Å². The lowest BCUT2D eigenvalue weighted by Gasteiger charge is -2.25. The van der Waals surface area contributed by atoms with E-state index in [0.29, 0.717) is 23.3 Å². The second kappa shape index (κ2) is 12.2. The second-order valence-electron chi connectivity index (χ2n) is 9.17. The molecule has 0 aliphatic carbocycles. The fourth-order valence-corrected chi connectivity index (χ4v) is 7.99. The first-order chi connectivity index (χ1) is 19.0. The van der Waals surface area contributed by atoms with Crippen LogP contribution in [0.25, 0.3) is 0 Å². The molecule has 0 bridgehead atoms. The summed E-state index contributed by atoms with van der Waals surface area (Å²) in [5.41, 5.74) is 1.31. The van der Waals surface area contributed by atoms with E-state index in [1.54, 1.807) is 24.3 Å². The Morgan fingerprint density at radius 1 is 0.900 bits per heavy atom. The molecular weight excluding hydrogens is 622 g/mol. The molecule has 0 spiro atoms. The molecule has 1 fully saturated rings. The van der Waals surface area contributed by atoms with E-state index in [4.69, 9.17) is 9.47 Å². The summed E-state index contributed by atoms with van der Waals surface area (Å²) in [6.07, 6.45) is 1.57. The van der Waals surface area contributed by atoms with Crippen LogP contribution in [0.4, 0.5) is 11.4 Å². The molecule has 0 saturated carbocycles. The van der Waals surface area contributed by atoms with Crippen molar-refractivity contribution >= 4 is 53.3 Å². The summed E-state index contributed by atoms with van der Waals surface area (Å²) in [7, 11) is -5.10. The molecule has 40 heavy (non-hydrogen) atoms. The van der Waals surface area contributed by atoms with Gasteiger partial charge in [-0.25, -0.2) is 16.8 Å². The highest BCUT2D eigenvalue weighted by Gasteiger charge is 2.30. The van der Waals surface area contributed by atoms with Gasteiger partial charge in [0, 0.05) is 13.1 Å². The Labute approximate surface area is 243 Å². The Bertz CT molecular complexity index is 1610. The van der Waals surface area contributed by atoms with Crippen LogP contribution >= 0.6 is 15.9 Å².